The summed E-state index contributed by atoms with van der Waals surface area (Å²) in [5.41, 5.74) is 0.636. The van der Waals surface area contributed by atoms with Crippen LogP contribution in [0.3, 0.4) is 0 Å². The molecular formula is C16H16FN7O3. The third-order valence-corrected chi connectivity index (χ3v) is 3.84. The summed E-state index contributed by atoms with van der Waals surface area (Å²) in [7, 11) is 0. The topological polar surface area (TPSA) is 121 Å². The molecule has 1 atom stereocenters. The van der Waals surface area contributed by atoms with Gasteiger partial charge in [0.1, 0.15) is 30.6 Å². The molecule has 0 aliphatic carbocycles. The lowest BCUT2D eigenvalue weighted by atomic mass is 10.2. The monoisotopic (exact) mass is 373 g/mol. The standard InChI is InChI=1S/C16H16FN7O3/c1-2-14(23-9-13(7-19-23)24(26)27)15(25)20-16-18-10-22(21-16)8-11-3-5-12(17)6-4-11/h3-7,9-10,14H,2,8H2,1H3,(H,20,21,25). The van der Waals surface area contributed by atoms with Crippen LogP contribution in [0.4, 0.5) is 16.0 Å². The van der Waals surface area contributed by atoms with Crippen molar-refractivity contribution >= 4 is 17.5 Å². The number of hydrogen-bond donors (Lipinski definition) is 1. The van der Waals surface area contributed by atoms with E-state index in [9.17, 15) is 19.3 Å². The Morgan fingerprint density at radius 2 is 2.11 bits per heavy atom. The van der Waals surface area contributed by atoms with Crippen molar-refractivity contribution in [2.45, 2.75) is 25.9 Å². The van der Waals surface area contributed by atoms with E-state index in [1.807, 2.05) is 0 Å². The van der Waals surface area contributed by atoms with E-state index in [2.05, 4.69) is 20.5 Å². The van der Waals surface area contributed by atoms with Gasteiger partial charge in [-0.1, -0.05) is 19.1 Å². The van der Waals surface area contributed by atoms with Gasteiger partial charge in [0.25, 0.3) is 5.91 Å². The van der Waals surface area contributed by atoms with Crippen molar-refractivity contribution in [1.82, 2.24) is 24.5 Å². The molecule has 0 bridgehead atoms. The molecule has 3 rings (SSSR count). The summed E-state index contributed by atoms with van der Waals surface area (Å²) < 4.78 is 15.7. The van der Waals surface area contributed by atoms with Gasteiger partial charge >= 0.3 is 5.69 Å². The van der Waals surface area contributed by atoms with Gasteiger partial charge < -0.3 is 0 Å². The Bertz CT molecular complexity index is 951. The van der Waals surface area contributed by atoms with Crippen molar-refractivity contribution in [2.24, 2.45) is 0 Å². The zero-order chi connectivity index (χ0) is 19.4. The first-order valence-electron chi connectivity index (χ1n) is 8.09. The van der Waals surface area contributed by atoms with E-state index in [1.165, 1.54) is 34.0 Å². The van der Waals surface area contributed by atoms with Crippen molar-refractivity contribution in [2.75, 3.05) is 5.32 Å². The van der Waals surface area contributed by atoms with Gasteiger partial charge in [-0.3, -0.25) is 24.9 Å². The van der Waals surface area contributed by atoms with Crippen LogP contribution in [0.15, 0.2) is 43.0 Å². The summed E-state index contributed by atoms with van der Waals surface area (Å²) in [6, 6.07) is 5.23. The number of hydrogen-bond acceptors (Lipinski definition) is 6. The lowest BCUT2D eigenvalue weighted by Gasteiger charge is -2.13. The zero-order valence-corrected chi connectivity index (χ0v) is 14.3. The largest absolute Gasteiger partial charge is 0.307 e. The first-order chi connectivity index (χ1) is 13.0. The fourth-order valence-electron chi connectivity index (χ4n) is 2.48. The van der Waals surface area contributed by atoms with Gasteiger partial charge in [-0.2, -0.15) is 5.10 Å². The maximum Gasteiger partial charge on any atom is 0.307 e. The Morgan fingerprint density at radius 3 is 2.74 bits per heavy atom. The van der Waals surface area contributed by atoms with Gasteiger partial charge in [0.15, 0.2) is 0 Å². The molecule has 2 aromatic heterocycles. The second-order valence-corrected chi connectivity index (χ2v) is 5.74. The van der Waals surface area contributed by atoms with Gasteiger partial charge in [-0.15, -0.1) is 5.10 Å². The molecule has 0 radical (unpaired) electrons. The Balaban J connectivity index is 1.66. The molecule has 0 aliphatic rings. The predicted octanol–water partition coefficient (Wildman–Crippen LogP) is 2.16. The molecule has 0 spiro atoms. The highest BCUT2D eigenvalue weighted by atomic mass is 19.1. The first-order valence-corrected chi connectivity index (χ1v) is 8.09. The highest BCUT2D eigenvalue weighted by Crippen LogP contribution is 2.17. The Kier molecular flexibility index (Phi) is 5.20. The Hall–Kier alpha value is -3.63. The minimum atomic E-state index is -0.734. The summed E-state index contributed by atoms with van der Waals surface area (Å²) in [5.74, 6) is -0.660. The van der Waals surface area contributed by atoms with Crippen LogP contribution >= 0.6 is 0 Å². The van der Waals surface area contributed by atoms with Crippen LogP contribution in [0.25, 0.3) is 0 Å². The number of amides is 1. The van der Waals surface area contributed by atoms with Crippen LogP contribution in [0.1, 0.15) is 24.9 Å². The molecule has 2 heterocycles. The minimum absolute atomic E-state index is 0.0993. The van der Waals surface area contributed by atoms with Crippen LogP contribution < -0.4 is 5.32 Å². The number of benzene rings is 1. The third kappa shape index (κ3) is 4.32. The van der Waals surface area contributed by atoms with Crippen LogP contribution in [0.2, 0.25) is 0 Å². The highest BCUT2D eigenvalue weighted by Gasteiger charge is 2.23. The van der Waals surface area contributed by atoms with E-state index in [0.717, 1.165) is 11.8 Å². The SMILES string of the molecule is CCC(C(=O)Nc1ncn(Cc2ccc(F)cc2)n1)n1cc([N+](=O)[O-])cn1. The molecule has 0 saturated carbocycles. The van der Waals surface area contributed by atoms with Crippen LogP contribution in [0, 0.1) is 15.9 Å². The molecule has 140 valence electrons. The molecule has 3 aromatic rings. The van der Waals surface area contributed by atoms with E-state index in [0.29, 0.717) is 13.0 Å². The molecule has 11 heteroatoms. The molecule has 0 fully saturated rings. The maximum absolute atomic E-state index is 12.9. The number of carbonyl (C=O) groups excluding carboxylic acids is 1. The summed E-state index contributed by atoms with van der Waals surface area (Å²) in [6.07, 6.45) is 4.11. The lowest BCUT2D eigenvalue weighted by Crippen LogP contribution is -2.26. The second-order valence-electron chi connectivity index (χ2n) is 5.74. The van der Waals surface area contributed by atoms with E-state index in [4.69, 9.17) is 0 Å². The molecule has 1 amide bonds. The normalized spacial score (nSPS) is 11.9. The average Bonchev–Trinajstić information content (AvgIpc) is 3.28. The van der Waals surface area contributed by atoms with Gasteiger partial charge in [0.2, 0.25) is 5.95 Å². The maximum atomic E-state index is 12.9. The van der Waals surface area contributed by atoms with Crippen LogP contribution in [0.5, 0.6) is 0 Å². The number of nitrogens with one attached hydrogen (secondary N) is 1. The van der Waals surface area contributed by atoms with E-state index in [1.54, 1.807) is 19.1 Å². The van der Waals surface area contributed by atoms with Gasteiger partial charge in [-0.25, -0.2) is 14.1 Å². The van der Waals surface area contributed by atoms with Crippen LogP contribution in [-0.4, -0.2) is 35.4 Å². The summed E-state index contributed by atoms with van der Waals surface area (Å²) in [4.78, 5) is 26.7. The summed E-state index contributed by atoms with van der Waals surface area (Å²) >= 11 is 0. The van der Waals surface area contributed by atoms with E-state index in [-0.39, 0.29) is 17.5 Å². The fraction of sp³-hybridized carbons (Fsp3) is 0.250. The molecule has 0 saturated heterocycles. The van der Waals surface area contributed by atoms with Gasteiger partial charge in [0, 0.05) is 0 Å². The van der Waals surface area contributed by atoms with Crippen molar-refractivity contribution in [3.63, 3.8) is 0 Å². The van der Waals surface area contributed by atoms with Gasteiger partial charge in [-0.05, 0) is 24.1 Å². The van der Waals surface area contributed by atoms with E-state index < -0.39 is 16.9 Å². The second kappa shape index (κ2) is 7.72. The van der Waals surface area contributed by atoms with Crippen LogP contribution in [-0.2, 0) is 11.3 Å². The van der Waals surface area contributed by atoms with Crippen molar-refractivity contribution in [3.8, 4) is 0 Å². The minimum Gasteiger partial charge on any atom is -0.291 e. The fourth-order valence-corrected chi connectivity index (χ4v) is 2.48. The Morgan fingerprint density at radius 1 is 1.37 bits per heavy atom. The Labute approximate surface area is 152 Å². The number of nitro groups is 1. The number of carbonyl (C=O) groups is 1. The molecule has 1 N–H and O–H groups in total. The smallest absolute Gasteiger partial charge is 0.291 e. The molecule has 1 unspecified atom stereocenters. The van der Waals surface area contributed by atoms with E-state index >= 15 is 0 Å². The zero-order valence-electron chi connectivity index (χ0n) is 14.3. The molecular weight excluding hydrogens is 357 g/mol. The quantitative estimate of drug-likeness (QED) is 0.500. The molecule has 1 aromatic carbocycles. The highest BCUT2D eigenvalue weighted by molar-refractivity contribution is 5.92. The summed E-state index contributed by atoms with van der Waals surface area (Å²) in [6.45, 7) is 2.13. The molecule has 10 nitrogen and oxygen atoms in total. The number of halogens is 1. The van der Waals surface area contributed by atoms with Crippen molar-refractivity contribution in [3.05, 3.63) is 64.5 Å². The lowest BCUT2D eigenvalue weighted by molar-refractivity contribution is -0.385. The number of rotatable bonds is 7. The average molecular weight is 373 g/mol. The number of nitrogens with zero attached hydrogens (tertiary/aromatic N) is 6. The third-order valence-electron chi connectivity index (χ3n) is 3.84. The first kappa shape index (κ1) is 18.2. The predicted molar refractivity (Wildman–Crippen MR) is 92.4 cm³/mol. The molecule has 0 aliphatic heterocycles. The van der Waals surface area contributed by atoms with Crippen molar-refractivity contribution < 1.29 is 14.1 Å². The van der Waals surface area contributed by atoms with Gasteiger partial charge in [0.05, 0.1) is 11.5 Å². The van der Waals surface area contributed by atoms with Crippen molar-refractivity contribution in [1.29, 1.82) is 0 Å². The molecule has 27 heavy (non-hydrogen) atoms. The number of aromatic nitrogens is 5. The summed E-state index contributed by atoms with van der Waals surface area (Å²) in [5, 5.41) is 21.4. The number of anilines is 1.